The second-order valence-electron chi connectivity index (χ2n) is 4.64. The van der Waals surface area contributed by atoms with E-state index < -0.39 is 23.2 Å². The lowest BCUT2D eigenvalue weighted by Crippen LogP contribution is -2.16. The van der Waals surface area contributed by atoms with Crippen molar-refractivity contribution in [2.45, 2.75) is 0 Å². The fourth-order valence-corrected chi connectivity index (χ4v) is 2.17. The molecule has 3 nitrogen and oxygen atoms in total. The third kappa shape index (κ3) is 3.58. The minimum atomic E-state index is -0.834. The number of hydrogen-bond donors (Lipinski definition) is 1. The molecule has 0 bridgehead atoms. The number of carbonyl (C=O) groups is 1. The van der Waals surface area contributed by atoms with Gasteiger partial charge in [0.25, 0.3) is 5.91 Å². The van der Waals surface area contributed by atoms with Gasteiger partial charge in [-0.2, -0.15) is 0 Å². The number of rotatable bonds is 3. The van der Waals surface area contributed by atoms with Crippen LogP contribution in [0.15, 0.2) is 40.9 Å². The Morgan fingerprint density at radius 1 is 1.14 bits per heavy atom. The molecule has 0 radical (unpaired) electrons. The average Bonchev–Trinajstić information content (AvgIpc) is 2.42. The van der Waals surface area contributed by atoms with Crippen molar-refractivity contribution >= 4 is 33.2 Å². The third-order valence-corrected chi connectivity index (χ3v) is 3.33. The molecular weight excluding hydrogens is 342 g/mol. The Kier molecular flexibility index (Phi) is 4.57. The number of anilines is 2. The molecule has 1 N–H and O–H groups in total. The van der Waals surface area contributed by atoms with Crippen LogP contribution in [0.4, 0.5) is 20.2 Å². The van der Waals surface area contributed by atoms with Gasteiger partial charge in [-0.25, -0.2) is 8.78 Å². The van der Waals surface area contributed by atoms with E-state index in [4.69, 9.17) is 0 Å². The van der Waals surface area contributed by atoms with Crippen LogP contribution in [0.5, 0.6) is 0 Å². The minimum Gasteiger partial charge on any atom is -0.378 e. The van der Waals surface area contributed by atoms with Gasteiger partial charge in [-0.1, -0.05) is 22.0 Å². The maximum absolute atomic E-state index is 13.7. The predicted molar refractivity (Wildman–Crippen MR) is 82.8 cm³/mol. The van der Waals surface area contributed by atoms with Gasteiger partial charge in [-0.15, -0.1) is 0 Å². The van der Waals surface area contributed by atoms with Crippen molar-refractivity contribution in [1.82, 2.24) is 0 Å². The number of halogens is 3. The summed E-state index contributed by atoms with van der Waals surface area (Å²) in [5, 5.41) is 2.26. The first kappa shape index (κ1) is 15.4. The number of carbonyl (C=O) groups excluding carboxylic acids is 1. The molecule has 0 atom stereocenters. The summed E-state index contributed by atoms with van der Waals surface area (Å²) in [4.78, 5) is 13.9. The van der Waals surface area contributed by atoms with Gasteiger partial charge in [0.2, 0.25) is 0 Å². The first-order chi connectivity index (χ1) is 9.88. The molecule has 2 aromatic rings. The van der Waals surface area contributed by atoms with Crippen LogP contribution in [0.3, 0.4) is 0 Å². The van der Waals surface area contributed by atoms with Gasteiger partial charge in [0.05, 0.1) is 0 Å². The molecule has 0 unspecified atom stereocenters. The van der Waals surface area contributed by atoms with Crippen LogP contribution in [-0.4, -0.2) is 20.0 Å². The Labute approximate surface area is 129 Å². The van der Waals surface area contributed by atoms with E-state index in [-0.39, 0.29) is 4.47 Å². The first-order valence-corrected chi connectivity index (χ1v) is 6.91. The van der Waals surface area contributed by atoms with Crippen molar-refractivity contribution in [2.75, 3.05) is 24.3 Å². The van der Waals surface area contributed by atoms with Gasteiger partial charge in [-0.05, 0) is 30.3 Å². The molecule has 2 rings (SSSR count). The summed E-state index contributed by atoms with van der Waals surface area (Å²) >= 11 is 2.99. The summed E-state index contributed by atoms with van der Waals surface area (Å²) in [6, 6.07) is 8.95. The van der Waals surface area contributed by atoms with Crippen molar-refractivity contribution in [2.24, 2.45) is 0 Å². The Morgan fingerprint density at radius 2 is 1.76 bits per heavy atom. The highest BCUT2D eigenvalue weighted by Gasteiger charge is 2.15. The number of nitrogens with one attached hydrogen (secondary N) is 1. The fraction of sp³-hybridized carbons (Fsp3) is 0.133. The predicted octanol–water partition coefficient (Wildman–Crippen LogP) is 4.05. The number of nitrogens with zero attached hydrogens (tertiary/aromatic N) is 1. The van der Waals surface area contributed by atoms with Crippen LogP contribution in [0.25, 0.3) is 0 Å². The molecule has 0 heterocycles. The molecular formula is C15H13BrF2N2O. The van der Waals surface area contributed by atoms with Crippen LogP contribution < -0.4 is 10.2 Å². The topological polar surface area (TPSA) is 32.3 Å². The van der Waals surface area contributed by atoms with Crippen molar-refractivity contribution < 1.29 is 13.6 Å². The molecule has 0 aliphatic rings. The maximum atomic E-state index is 13.7. The van der Waals surface area contributed by atoms with E-state index >= 15 is 0 Å². The molecule has 21 heavy (non-hydrogen) atoms. The van der Waals surface area contributed by atoms with E-state index in [1.807, 2.05) is 25.1 Å². The standard InChI is InChI=1S/C15H13BrF2N2O/c1-20(2)11-5-3-4-9(6-11)15(21)19-14-12(17)7-10(16)8-13(14)18/h3-8H,1-2H3,(H,19,21). The normalized spacial score (nSPS) is 10.3. The largest absolute Gasteiger partial charge is 0.378 e. The van der Waals surface area contributed by atoms with Gasteiger partial charge in [0.15, 0.2) is 11.6 Å². The van der Waals surface area contributed by atoms with E-state index in [1.165, 1.54) is 0 Å². The highest BCUT2D eigenvalue weighted by Crippen LogP contribution is 2.24. The summed E-state index contributed by atoms with van der Waals surface area (Å²) < 4.78 is 27.7. The zero-order valence-corrected chi connectivity index (χ0v) is 13.0. The lowest BCUT2D eigenvalue weighted by atomic mass is 10.1. The van der Waals surface area contributed by atoms with Gasteiger partial charge < -0.3 is 10.2 Å². The highest BCUT2D eigenvalue weighted by atomic mass is 79.9. The fourth-order valence-electron chi connectivity index (χ4n) is 1.77. The lowest BCUT2D eigenvalue weighted by Gasteiger charge is -2.14. The summed E-state index contributed by atoms with van der Waals surface area (Å²) in [5.74, 6) is -2.24. The van der Waals surface area contributed by atoms with Crippen LogP contribution in [0, 0.1) is 11.6 Å². The smallest absolute Gasteiger partial charge is 0.255 e. The van der Waals surface area contributed by atoms with E-state index in [1.54, 1.807) is 18.2 Å². The molecule has 0 saturated heterocycles. The summed E-state index contributed by atoms with van der Waals surface area (Å²) in [6.45, 7) is 0. The van der Waals surface area contributed by atoms with E-state index in [2.05, 4.69) is 21.2 Å². The highest BCUT2D eigenvalue weighted by molar-refractivity contribution is 9.10. The quantitative estimate of drug-likeness (QED) is 0.901. The van der Waals surface area contributed by atoms with Crippen LogP contribution >= 0.6 is 15.9 Å². The number of amides is 1. The van der Waals surface area contributed by atoms with Crippen LogP contribution in [-0.2, 0) is 0 Å². The minimum absolute atomic E-state index is 0.269. The first-order valence-electron chi connectivity index (χ1n) is 6.12. The Bertz CT molecular complexity index is 666. The molecule has 0 saturated carbocycles. The Hall–Kier alpha value is -1.95. The van der Waals surface area contributed by atoms with Gasteiger partial charge >= 0.3 is 0 Å². The molecule has 0 fully saturated rings. The monoisotopic (exact) mass is 354 g/mol. The van der Waals surface area contributed by atoms with Crippen LogP contribution in [0.1, 0.15) is 10.4 Å². The zero-order valence-electron chi connectivity index (χ0n) is 11.5. The van der Waals surface area contributed by atoms with Crippen molar-refractivity contribution in [1.29, 1.82) is 0 Å². The van der Waals surface area contributed by atoms with Gasteiger partial charge in [-0.3, -0.25) is 4.79 Å². The summed E-state index contributed by atoms with van der Waals surface area (Å²) in [7, 11) is 3.68. The molecule has 0 aromatic heterocycles. The molecule has 1 amide bonds. The molecule has 0 aliphatic heterocycles. The van der Waals surface area contributed by atoms with E-state index in [0.29, 0.717) is 5.56 Å². The van der Waals surface area contributed by atoms with Gasteiger partial charge in [0, 0.05) is 29.8 Å². The van der Waals surface area contributed by atoms with Crippen LogP contribution in [0.2, 0.25) is 0 Å². The molecule has 0 spiro atoms. The maximum Gasteiger partial charge on any atom is 0.255 e. The molecule has 110 valence electrons. The Morgan fingerprint density at radius 3 is 2.33 bits per heavy atom. The third-order valence-electron chi connectivity index (χ3n) is 2.87. The number of hydrogen-bond acceptors (Lipinski definition) is 2. The SMILES string of the molecule is CN(C)c1cccc(C(=O)Nc2c(F)cc(Br)cc2F)c1. The molecule has 6 heteroatoms. The van der Waals surface area contributed by atoms with Gasteiger partial charge in [0.1, 0.15) is 5.69 Å². The summed E-state index contributed by atoms with van der Waals surface area (Å²) in [6.07, 6.45) is 0. The van der Waals surface area contributed by atoms with E-state index in [0.717, 1.165) is 17.8 Å². The van der Waals surface area contributed by atoms with Crippen molar-refractivity contribution in [3.05, 3.63) is 58.1 Å². The van der Waals surface area contributed by atoms with Crippen molar-refractivity contribution in [3.8, 4) is 0 Å². The second-order valence-corrected chi connectivity index (χ2v) is 5.56. The number of benzene rings is 2. The van der Waals surface area contributed by atoms with E-state index in [9.17, 15) is 13.6 Å². The average molecular weight is 355 g/mol. The summed E-state index contributed by atoms with van der Waals surface area (Å²) in [5.41, 5.74) is 0.681. The second kappa shape index (κ2) is 6.22. The van der Waals surface area contributed by atoms with Crippen molar-refractivity contribution in [3.63, 3.8) is 0 Å². The Balaban J connectivity index is 2.28. The molecule has 2 aromatic carbocycles. The zero-order chi connectivity index (χ0) is 15.6. The lowest BCUT2D eigenvalue weighted by molar-refractivity contribution is 0.102. The molecule has 0 aliphatic carbocycles.